The lowest BCUT2D eigenvalue weighted by molar-refractivity contribution is 0.0970. The van der Waals surface area contributed by atoms with Crippen LogP contribution in [0.2, 0.25) is 5.02 Å². The summed E-state index contributed by atoms with van der Waals surface area (Å²) in [6.07, 6.45) is 1.05. The summed E-state index contributed by atoms with van der Waals surface area (Å²) in [7, 11) is 0. The first-order chi connectivity index (χ1) is 11.6. The van der Waals surface area contributed by atoms with Gasteiger partial charge in [0.1, 0.15) is 17.3 Å². The Morgan fingerprint density at radius 2 is 2.00 bits per heavy atom. The highest BCUT2D eigenvalue weighted by molar-refractivity contribution is 6.30. The first-order valence-electron chi connectivity index (χ1n) is 7.50. The molecule has 0 bridgehead atoms. The molecule has 2 aromatic heterocycles. The molecule has 1 amide bonds. The molecule has 3 aromatic rings. The van der Waals surface area contributed by atoms with E-state index in [-0.39, 0.29) is 5.91 Å². The van der Waals surface area contributed by atoms with Gasteiger partial charge in [0.05, 0.1) is 10.6 Å². The Kier molecular flexibility index (Phi) is 3.50. The minimum absolute atomic E-state index is 0.141. The van der Waals surface area contributed by atoms with Crippen molar-refractivity contribution in [3.63, 3.8) is 0 Å². The van der Waals surface area contributed by atoms with Crippen LogP contribution < -0.4 is 10.2 Å². The number of para-hydroxylation sites is 1. The van der Waals surface area contributed by atoms with Gasteiger partial charge in [0.25, 0.3) is 5.91 Å². The van der Waals surface area contributed by atoms with E-state index in [9.17, 15) is 4.79 Å². The van der Waals surface area contributed by atoms with Gasteiger partial charge in [-0.3, -0.25) is 9.69 Å². The van der Waals surface area contributed by atoms with Crippen LogP contribution in [0.5, 0.6) is 0 Å². The summed E-state index contributed by atoms with van der Waals surface area (Å²) in [6.45, 7) is 1.87. The highest BCUT2D eigenvalue weighted by Crippen LogP contribution is 2.36. The van der Waals surface area contributed by atoms with Crippen molar-refractivity contribution in [3.8, 4) is 0 Å². The van der Waals surface area contributed by atoms with Gasteiger partial charge in [-0.25, -0.2) is 4.98 Å². The van der Waals surface area contributed by atoms with Crippen molar-refractivity contribution in [3.05, 3.63) is 76.8 Å². The molecule has 4 rings (SSSR count). The van der Waals surface area contributed by atoms with Gasteiger partial charge in [-0.15, -0.1) is 0 Å². The average molecular weight is 340 g/mol. The number of hydrogen-bond acceptors (Lipinski definition) is 4. The first-order valence-corrected chi connectivity index (χ1v) is 7.88. The summed E-state index contributed by atoms with van der Waals surface area (Å²) < 4.78 is 5.75. The second kappa shape index (κ2) is 5.69. The minimum Gasteiger partial charge on any atom is -0.462 e. The van der Waals surface area contributed by atoms with Gasteiger partial charge < -0.3 is 9.73 Å². The van der Waals surface area contributed by atoms with Crippen molar-refractivity contribution in [1.82, 2.24) is 4.98 Å². The number of aryl methyl sites for hydroxylation is 1. The van der Waals surface area contributed by atoms with E-state index in [2.05, 4.69) is 10.3 Å². The van der Waals surface area contributed by atoms with Crippen molar-refractivity contribution in [2.75, 3.05) is 10.2 Å². The fraction of sp³-hybridized carbons (Fsp3) is 0.111. The second-order valence-corrected chi connectivity index (χ2v) is 5.99. The van der Waals surface area contributed by atoms with Crippen molar-refractivity contribution < 1.29 is 9.21 Å². The summed E-state index contributed by atoms with van der Waals surface area (Å²) >= 11 is 5.92. The number of rotatable bonds is 2. The molecule has 0 saturated heterocycles. The number of aromatic nitrogens is 1. The molecule has 1 atom stereocenters. The third-order valence-electron chi connectivity index (χ3n) is 3.92. The lowest BCUT2D eigenvalue weighted by Gasteiger charge is -2.35. The minimum atomic E-state index is -0.477. The molecule has 1 aliphatic rings. The van der Waals surface area contributed by atoms with Gasteiger partial charge in [-0.05, 0) is 43.3 Å². The van der Waals surface area contributed by atoms with Crippen LogP contribution >= 0.6 is 11.6 Å². The van der Waals surface area contributed by atoms with Crippen molar-refractivity contribution in [2.24, 2.45) is 0 Å². The molecule has 24 heavy (non-hydrogen) atoms. The molecular weight excluding hydrogens is 326 g/mol. The van der Waals surface area contributed by atoms with Gasteiger partial charge in [-0.2, -0.15) is 0 Å². The summed E-state index contributed by atoms with van der Waals surface area (Å²) in [5, 5.41) is 3.87. The summed E-state index contributed by atoms with van der Waals surface area (Å²) in [5.74, 6) is 1.79. The maximum atomic E-state index is 13.1. The maximum absolute atomic E-state index is 13.1. The quantitative estimate of drug-likeness (QED) is 0.751. The van der Waals surface area contributed by atoms with Crippen LogP contribution in [0.4, 0.5) is 11.5 Å². The van der Waals surface area contributed by atoms with Gasteiger partial charge in [-0.1, -0.05) is 23.7 Å². The molecule has 0 aliphatic carbocycles. The third-order valence-corrected chi connectivity index (χ3v) is 4.14. The maximum Gasteiger partial charge on any atom is 0.263 e. The van der Waals surface area contributed by atoms with E-state index in [1.54, 1.807) is 23.1 Å². The molecule has 1 aliphatic heterocycles. The number of pyridine rings is 1. The number of hydrogen-bond donors (Lipinski definition) is 1. The topological polar surface area (TPSA) is 58.4 Å². The summed E-state index contributed by atoms with van der Waals surface area (Å²) in [5.41, 5.74) is 1.36. The molecule has 120 valence electrons. The number of anilines is 2. The Bertz CT molecular complexity index is 905. The van der Waals surface area contributed by atoms with Crippen LogP contribution in [-0.4, -0.2) is 10.9 Å². The Balaban J connectivity index is 1.85. The number of fused-ring (bicyclic) bond motifs is 1. The van der Waals surface area contributed by atoms with Crippen molar-refractivity contribution >= 4 is 29.0 Å². The highest BCUT2D eigenvalue weighted by Gasteiger charge is 2.36. The van der Waals surface area contributed by atoms with Crippen LogP contribution in [0.1, 0.15) is 28.0 Å². The van der Waals surface area contributed by atoms with E-state index in [4.69, 9.17) is 16.0 Å². The summed E-state index contributed by atoms with van der Waals surface area (Å²) in [4.78, 5) is 18.9. The Hall–Kier alpha value is -2.79. The molecule has 5 nitrogen and oxygen atoms in total. The van der Waals surface area contributed by atoms with Crippen molar-refractivity contribution in [2.45, 2.75) is 13.1 Å². The van der Waals surface area contributed by atoms with Gasteiger partial charge in [0.2, 0.25) is 0 Å². The first kappa shape index (κ1) is 14.8. The highest BCUT2D eigenvalue weighted by atomic mass is 35.5. The number of nitrogens with zero attached hydrogens (tertiary/aromatic N) is 2. The average Bonchev–Trinajstić information content (AvgIpc) is 3.02. The molecule has 0 saturated carbocycles. The SMILES string of the molecule is Cc1ccc([C@@H]2Nc3ccccc3C(=O)N2c2ccc(Cl)cn2)o1. The molecule has 0 fully saturated rings. The normalized spacial score (nSPS) is 16.7. The van der Waals surface area contributed by atoms with E-state index >= 15 is 0 Å². The van der Waals surface area contributed by atoms with Crippen LogP contribution in [0.15, 0.2) is 59.1 Å². The largest absolute Gasteiger partial charge is 0.462 e. The predicted molar refractivity (Wildman–Crippen MR) is 92.3 cm³/mol. The molecular formula is C18H14ClN3O2. The molecule has 3 heterocycles. The smallest absolute Gasteiger partial charge is 0.263 e. The van der Waals surface area contributed by atoms with Gasteiger partial charge in [0, 0.05) is 11.9 Å². The lowest BCUT2D eigenvalue weighted by Crippen LogP contribution is -2.43. The van der Waals surface area contributed by atoms with E-state index in [1.165, 1.54) is 6.20 Å². The molecule has 1 aromatic carbocycles. The van der Waals surface area contributed by atoms with Crippen LogP contribution in [0.25, 0.3) is 0 Å². The van der Waals surface area contributed by atoms with Crippen molar-refractivity contribution in [1.29, 1.82) is 0 Å². The van der Waals surface area contributed by atoms with Crippen LogP contribution in [0.3, 0.4) is 0 Å². The van der Waals surface area contributed by atoms with Crippen LogP contribution in [0, 0.1) is 6.92 Å². The predicted octanol–water partition coefficient (Wildman–Crippen LogP) is 4.41. The molecule has 0 spiro atoms. The number of furan rings is 1. The third kappa shape index (κ3) is 2.43. The van der Waals surface area contributed by atoms with Crippen LogP contribution in [-0.2, 0) is 0 Å². The Labute approximate surface area is 143 Å². The van der Waals surface area contributed by atoms with E-state index in [0.717, 1.165) is 11.4 Å². The number of amides is 1. The molecule has 1 N–H and O–H groups in total. The van der Waals surface area contributed by atoms with Gasteiger partial charge in [0.15, 0.2) is 6.17 Å². The molecule has 0 unspecified atom stereocenters. The summed E-state index contributed by atoms with van der Waals surface area (Å²) in [6, 6.07) is 14.6. The number of benzene rings is 1. The van der Waals surface area contributed by atoms with E-state index < -0.39 is 6.17 Å². The van der Waals surface area contributed by atoms with E-state index in [1.807, 2.05) is 37.3 Å². The number of carbonyl (C=O) groups is 1. The lowest BCUT2D eigenvalue weighted by atomic mass is 10.1. The fourth-order valence-corrected chi connectivity index (χ4v) is 2.91. The number of carbonyl (C=O) groups excluding carboxylic acids is 1. The Morgan fingerprint density at radius 1 is 1.17 bits per heavy atom. The molecule has 0 radical (unpaired) electrons. The van der Waals surface area contributed by atoms with Gasteiger partial charge >= 0.3 is 0 Å². The standard InChI is InChI=1S/C18H14ClN3O2/c1-11-6-8-15(24-11)17-21-14-5-3-2-4-13(14)18(23)22(17)16-9-7-12(19)10-20-16/h2-10,17,21H,1H3/t17-/m1/s1. The molecule has 6 heteroatoms. The zero-order valence-electron chi connectivity index (χ0n) is 12.9. The fourth-order valence-electron chi connectivity index (χ4n) is 2.80. The Morgan fingerprint density at radius 3 is 2.71 bits per heavy atom. The number of nitrogens with one attached hydrogen (secondary N) is 1. The van der Waals surface area contributed by atoms with E-state index in [0.29, 0.717) is 22.2 Å². The number of halogens is 1. The monoisotopic (exact) mass is 339 g/mol. The zero-order chi connectivity index (χ0) is 16.7. The zero-order valence-corrected chi connectivity index (χ0v) is 13.6. The second-order valence-electron chi connectivity index (χ2n) is 5.55.